The van der Waals surface area contributed by atoms with E-state index in [0.717, 1.165) is 0 Å². The first-order chi connectivity index (χ1) is 7.65. The molecule has 0 aromatic carbocycles. The molecule has 96 valence electrons. The van der Waals surface area contributed by atoms with Crippen LogP contribution >= 0.6 is 0 Å². The summed E-state index contributed by atoms with van der Waals surface area (Å²) in [4.78, 5) is 11.7. The number of hydrogen-bond donors (Lipinski definition) is 1. The van der Waals surface area contributed by atoms with Gasteiger partial charge in [0.25, 0.3) is 0 Å². The summed E-state index contributed by atoms with van der Waals surface area (Å²) in [5.74, 6) is 4.54. The molecule has 1 rings (SSSR count). The van der Waals surface area contributed by atoms with E-state index in [-0.39, 0.29) is 12.8 Å². The average Bonchev–Trinajstić information content (AvgIpc) is 2.93. The lowest BCUT2D eigenvalue weighted by Crippen LogP contribution is -2.49. The van der Waals surface area contributed by atoms with Gasteiger partial charge in [-0.25, -0.2) is 0 Å². The lowest BCUT2D eigenvalue weighted by Gasteiger charge is -2.25. The Morgan fingerprint density at radius 1 is 1.35 bits per heavy atom. The molecule has 17 heavy (non-hydrogen) atoms. The smallest absolute Gasteiger partial charge is 0.340 e. The second-order valence-corrected chi connectivity index (χ2v) is 4.81. The van der Waals surface area contributed by atoms with E-state index in [1.165, 1.54) is 0 Å². The number of carbonyl (C=O) groups excluding carboxylic acids is 1. The van der Waals surface area contributed by atoms with Gasteiger partial charge in [-0.1, -0.05) is 12.8 Å². The number of amides is 1. The van der Waals surface area contributed by atoms with Crippen molar-refractivity contribution in [1.82, 2.24) is 5.32 Å². The zero-order chi connectivity index (χ0) is 13.3. The molecule has 0 spiro atoms. The van der Waals surface area contributed by atoms with E-state index >= 15 is 0 Å². The Morgan fingerprint density at radius 3 is 2.24 bits per heavy atom. The fourth-order valence-corrected chi connectivity index (χ4v) is 1.51. The van der Waals surface area contributed by atoms with E-state index in [1.54, 1.807) is 13.8 Å². The van der Waals surface area contributed by atoms with Crippen molar-refractivity contribution in [2.75, 3.05) is 0 Å². The summed E-state index contributed by atoms with van der Waals surface area (Å²) in [5.41, 5.74) is -3.09. The minimum Gasteiger partial charge on any atom is -0.340 e. The largest absolute Gasteiger partial charge is 0.403 e. The summed E-state index contributed by atoms with van der Waals surface area (Å²) in [7, 11) is 0. The average molecular weight is 247 g/mol. The van der Waals surface area contributed by atoms with Crippen molar-refractivity contribution < 1.29 is 18.0 Å². The fourth-order valence-electron chi connectivity index (χ4n) is 1.51. The molecule has 0 radical (unpaired) electrons. The predicted octanol–water partition coefficient (Wildman–Crippen LogP) is 2.64. The third-order valence-electron chi connectivity index (χ3n) is 2.73. The number of carbonyl (C=O) groups is 1. The Labute approximate surface area is 99.0 Å². The van der Waals surface area contributed by atoms with Crippen LogP contribution in [-0.2, 0) is 4.79 Å². The third kappa shape index (κ3) is 2.93. The Morgan fingerprint density at radius 2 is 1.88 bits per heavy atom. The maximum absolute atomic E-state index is 12.7. The van der Waals surface area contributed by atoms with Gasteiger partial charge in [0, 0.05) is 6.42 Å². The molecule has 0 aromatic heterocycles. The fraction of sp³-hybridized carbons (Fsp3) is 0.750. The summed E-state index contributed by atoms with van der Waals surface area (Å²) in [6.45, 7) is 5.03. The van der Waals surface area contributed by atoms with E-state index in [0.29, 0.717) is 6.42 Å². The molecule has 2 nitrogen and oxygen atoms in total. The lowest BCUT2D eigenvalue weighted by molar-refractivity contribution is -0.192. The van der Waals surface area contributed by atoms with E-state index < -0.39 is 23.0 Å². The van der Waals surface area contributed by atoms with Crippen LogP contribution < -0.4 is 5.32 Å². The van der Waals surface area contributed by atoms with Crippen molar-refractivity contribution in [3.63, 3.8) is 0 Å². The van der Waals surface area contributed by atoms with E-state index in [9.17, 15) is 18.0 Å². The van der Waals surface area contributed by atoms with Gasteiger partial charge in [-0.3, -0.25) is 4.79 Å². The summed E-state index contributed by atoms with van der Waals surface area (Å²) >= 11 is 0. The molecule has 0 aromatic rings. The molecule has 0 aliphatic heterocycles. The van der Waals surface area contributed by atoms with Gasteiger partial charge in [0.05, 0.1) is 5.54 Å². The zero-order valence-electron chi connectivity index (χ0n) is 10.2. The highest BCUT2D eigenvalue weighted by atomic mass is 19.4. The van der Waals surface area contributed by atoms with Gasteiger partial charge in [-0.05, 0) is 26.7 Å². The van der Waals surface area contributed by atoms with Crippen LogP contribution in [0.2, 0.25) is 0 Å². The Bertz CT molecular complexity index is 369. The van der Waals surface area contributed by atoms with Crippen LogP contribution in [0.5, 0.6) is 0 Å². The van der Waals surface area contributed by atoms with Crippen molar-refractivity contribution in [2.45, 2.75) is 51.7 Å². The predicted molar refractivity (Wildman–Crippen MR) is 58.0 cm³/mol. The molecule has 0 saturated heterocycles. The highest BCUT2D eigenvalue weighted by molar-refractivity contribution is 5.87. The molecular formula is C12H16F3NO. The SMILES string of the molecule is CCC#CC(C)(C)NC(=O)C1(C(F)(F)F)CC1. The maximum atomic E-state index is 12.7. The molecule has 0 bridgehead atoms. The molecule has 0 unspecified atom stereocenters. The van der Waals surface area contributed by atoms with Crippen LogP contribution in [0, 0.1) is 17.3 Å². The van der Waals surface area contributed by atoms with Crippen molar-refractivity contribution in [3.05, 3.63) is 0 Å². The van der Waals surface area contributed by atoms with Gasteiger partial charge in [0.1, 0.15) is 5.41 Å². The van der Waals surface area contributed by atoms with E-state index in [2.05, 4.69) is 17.2 Å². The van der Waals surface area contributed by atoms with Crippen molar-refractivity contribution in [3.8, 4) is 11.8 Å². The van der Waals surface area contributed by atoms with E-state index in [1.807, 2.05) is 6.92 Å². The van der Waals surface area contributed by atoms with Crippen LogP contribution in [-0.4, -0.2) is 17.6 Å². The second kappa shape index (κ2) is 4.25. The van der Waals surface area contributed by atoms with Crippen molar-refractivity contribution in [2.24, 2.45) is 5.41 Å². The Kier molecular flexibility index (Phi) is 3.47. The first kappa shape index (κ1) is 13.9. The second-order valence-electron chi connectivity index (χ2n) is 4.81. The van der Waals surface area contributed by atoms with Crippen molar-refractivity contribution >= 4 is 5.91 Å². The Balaban J connectivity index is 2.74. The molecule has 0 atom stereocenters. The number of rotatable bonds is 2. The topological polar surface area (TPSA) is 29.1 Å². The van der Waals surface area contributed by atoms with Gasteiger partial charge < -0.3 is 5.32 Å². The van der Waals surface area contributed by atoms with E-state index in [4.69, 9.17) is 0 Å². The van der Waals surface area contributed by atoms with Crippen LogP contribution in [0.4, 0.5) is 13.2 Å². The standard InChI is InChI=1S/C12H16F3NO/c1-4-5-6-10(2,3)16-9(17)11(7-8-11)12(13,14)15/h4,7-8H2,1-3H3,(H,16,17). The van der Waals surface area contributed by atoms with Crippen LogP contribution in [0.1, 0.15) is 40.0 Å². The molecule has 1 saturated carbocycles. The quantitative estimate of drug-likeness (QED) is 0.747. The molecule has 1 amide bonds. The molecular weight excluding hydrogens is 231 g/mol. The number of alkyl halides is 3. The van der Waals surface area contributed by atoms with Crippen LogP contribution in [0.3, 0.4) is 0 Å². The Hall–Kier alpha value is -1.18. The van der Waals surface area contributed by atoms with Gasteiger partial charge in [-0.2, -0.15) is 13.2 Å². The van der Waals surface area contributed by atoms with Gasteiger partial charge >= 0.3 is 6.18 Å². The van der Waals surface area contributed by atoms with Gasteiger partial charge in [0.2, 0.25) is 5.91 Å². The number of halogens is 3. The van der Waals surface area contributed by atoms with Gasteiger partial charge in [-0.15, -0.1) is 5.92 Å². The van der Waals surface area contributed by atoms with Gasteiger partial charge in [0.15, 0.2) is 0 Å². The number of nitrogens with one attached hydrogen (secondary N) is 1. The lowest BCUT2D eigenvalue weighted by atomic mass is 10.0. The molecule has 5 heteroatoms. The molecule has 1 aliphatic carbocycles. The molecule has 0 heterocycles. The number of hydrogen-bond acceptors (Lipinski definition) is 1. The highest BCUT2D eigenvalue weighted by Crippen LogP contribution is 2.57. The normalized spacial score (nSPS) is 18.0. The minimum atomic E-state index is -4.47. The highest BCUT2D eigenvalue weighted by Gasteiger charge is 2.68. The van der Waals surface area contributed by atoms with Crippen LogP contribution in [0.15, 0.2) is 0 Å². The molecule has 1 fully saturated rings. The summed E-state index contributed by atoms with van der Waals surface area (Å²) < 4.78 is 38.0. The first-order valence-corrected chi connectivity index (χ1v) is 5.54. The zero-order valence-corrected chi connectivity index (χ0v) is 10.2. The molecule has 1 aliphatic rings. The monoisotopic (exact) mass is 247 g/mol. The first-order valence-electron chi connectivity index (χ1n) is 5.54. The van der Waals surface area contributed by atoms with Crippen molar-refractivity contribution in [1.29, 1.82) is 0 Å². The summed E-state index contributed by atoms with van der Waals surface area (Å²) in [6, 6.07) is 0. The van der Waals surface area contributed by atoms with Crippen LogP contribution in [0.25, 0.3) is 0 Å². The summed E-state index contributed by atoms with van der Waals surface area (Å²) in [6.07, 6.45) is -4.12. The maximum Gasteiger partial charge on any atom is 0.403 e. The third-order valence-corrected chi connectivity index (χ3v) is 2.73. The minimum absolute atomic E-state index is 0.125. The summed E-state index contributed by atoms with van der Waals surface area (Å²) in [5, 5.41) is 2.37. The molecule has 1 N–H and O–H groups in total.